The Kier molecular flexibility index (Phi) is 6.58. The van der Waals surface area contributed by atoms with E-state index in [4.69, 9.17) is 16.3 Å². The maximum Gasteiger partial charge on any atom is 0.343 e. The summed E-state index contributed by atoms with van der Waals surface area (Å²) in [4.78, 5) is 24.8. The lowest BCUT2D eigenvalue weighted by atomic mass is 10.0. The molecule has 0 saturated heterocycles. The molecule has 0 bridgehead atoms. The van der Waals surface area contributed by atoms with E-state index in [9.17, 15) is 9.59 Å². The van der Waals surface area contributed by atoms with Gasteiger partial charge in [0.05, 0.1) is 18.2 Å². The lowest BCUT2D eigenvalue weighted by Crippen LogP contribution is -2.19. The Morgan fingerprint density at radius 3 is 2.38 bits per heavy atom. The van der Waals surface area contributed by atoms with Crippen LogP contribution in [-0.4, -0.2) is 18.1 Å². The third-order valence-electron chi connectivity index (χ3n) is 4.80. The van der Waals surface area contributed by atoms with Gasteiger partial charge in [0.2, 0.25) is 5.91 Å². The van der Waals surface area contributed by atoms with E-state index in [1.165, 1.54) is 6.21 Å². The van der Waals surface area contributed by atoms with Gasteiger partial charge < -0.3 is 4.74 Å². The molecular formula is C26H19ClN2O3. The number of amides is 1. The Morgan fingerprint density at radius 2 is 1.59 bits per heavy atom. The number of fused-ring (bicyclic) bond motifs is 1. The highest BCUT2D eigenvalue weighted by molar-refractivity contribution is 6.30. The van der Waals surface area contributed by atoms with Crippen LogP contribution in [0.15, 0.2) is 96.1 Å². The van der Waals surface area contributed by atoms with E-state index in [-0.39, 0.29) is 12.3 Å². The van der Waals surface area contributed by atoms with Crippen LogP contribution < -0.4 is 10.2 Å². The first-order chi connectivity index (χ1) is 15.6. The van der Waals surface area contributed by atoms with Crippen molar-refractivity contribution in [2.75, 3.05) is 0 Å². The van der Waals surface area contributed by atoms with Crippen molar-refractivity contribution in [3.63, 3.8) is 0 Å². The average Bonchev–Trinajstić information content (AvgIpc) is 2.81. The smallest absolute Gasteiger partial charge is 0.343 e. The summed E-state index contributed by atoms with van der Waals surface area (Å²) in [5, 5.41) is 6.44. The van der Waals surface area contributed by atoms with E-state index >= 15 is 0 Å². The van der Waals surface area contributed by atoms with Gasteiger partial charge in [-0.05, 0) is 46.7 Å². The molecule has 0 atom stereocenters. The molecule has 158 valence electrons. The molecule has 0 saturated carbocycles. The minimum Gasteiger partial charge on any atom is -0.422 e. The van der Waals surface area contributed by atoms with Crippen LogP contribution >= 0.6 is 11.6 Å². The van der Waals surface area contributed by atoms with E-state index in [0.717, 1.165) is 16.3 Å². The van der Waals surface area contributed by atoms with Gasteiger partial charge in [0.1, 0.15) is 5.75 Å². The van der Waals surface area contributed by atoms with E-state index in [1.807, 2.05) is 60.7 Å². The number of hydrogen-bond donors (Lipinski definition) is 1. The molecule has 6 heteroatoms. The maximum atomic E-state index is 12.6. The molecule has 32 heavy (non-hydrogen) atoms. The van der Waals surface area contributed by atoms with E-state index in [2.05, 4.69) is 10.5 Å². The van der Waals surface area contributed by atoms with Crippen molar-refractivity contribution in [3.05, 3.63) is 113 Å². The minimum absolute atomic E-state index is 0.214. The fourth-order valence-corrected chi connectivity index (χ4v) is 3.36. The summed E-state index contributed by atoms with van der Waals surface area (Å²) in [6, 6.07) is 27.1. The monoisotopic (exact) mass is 442 g/mol. The molecule has 0 aliphatic heterocycles. The lowest BCUT2D eigenvalue weighted by Gasteiger charge is -2.10. The summed E-state index contributed by atoms with van der Waals surface area (Å²) in [5.41, 5.74) is 4.39. The predicted molar refractivity (Wildman–Crippen MR) is 126 cm³/mol. The van der Waals surface area contributed by atoms with Crippen LogP contribution in [0.5, 0.6) is 5.75 Å². The summed E-state index contributed by atoms with van der Waals surface area (Å²) >= 11 is 5.90. The number of ether oxygens (including phenoxy) is 1. The Bertz CT molecular complexity index is 1290. The maximum absolute atomic E-state index is 12.6. The standard InChI is InChI=1S/C26H19ClN2O3/c27-21-13-10-20(11-14-21)26(31)32-24-15-12-19-8-4-5-9-22(19)23(24)17-28-29-25(30)16-18-6-2-1-3-7-18/h1-15,17H,16H2,(H,29,30). The van der Waals surface area contributed by atoms with Crippen molar-refractivity contribution in [2.24, 2.45) is 5.10 Å². The molecule has 1 N–H and O–H groups in total. The van der Waals surface area contributed by atoms with Crippen molar-refractivity contribution in [1.29, 1.82) is 0 Å². The van der Waals surface area contributed by atoms with E-state index < -0.39 is 5.97 Å². The molecular weight excluding hydrogens is 424 g/mol. The molecule has 0 fully saturated rings. The molecule has 4 aromatic carbocycles. The topological polar surface area (TPSA) is 67.8 Å². The first-order valence-electron chi connectivity index (χ1n) is 9.95. The number of rotatable bonds is 6. The molecule has 0 heterocycles. The molecule has 0 aliphatic carbocycles. The molecule has 5 nitrogen and oxygen atoms in total. The molecule has 0 unspecified atom stereocenters. The van der Waals surface area contributed by atoms with Crippen LogP contribution in [0.1, 0.15) is 21.5 Å². The lowest BCUT2D eigenvalue weighted by molar-refractivity contribution is -0.120. The number of hydrogen-bond acceptors (Lipinski definition) is 4. The van der Waals surface area contributed by atoms with Crippen molar-refractivity contribution in [1.82, 2.24) is 5.43 Å². The summed E-state index contributed by atoms with van der Waals surface area (Å²) in [7, 11) is 0. The van der Waals surface area contributed by atoms with E-state index in [0.29, 0.717) is 21.9 Å². The quantitative estimate of drug-likeness (QED) is 0.188. The number of benzene rings is 4. The van der Waals surface area contributed by atoms with Gasteiger partial charge in [-0.15, -0.1) is 0 Å². The molecule has 0 aromatic heterocycles. The van der Waals surface area contributed by atoms with Gasteiger partial charge in [0.25, 0.3) is 0 Å². The fourth-order valence-electron chi connectivity index (χ4n) is 3.23. The average molecular weight is 443 g/mol. The summed E-state index contributed by atoms with van der Waals surface area (Å²) in [6.07, 6.45) is 1.71. The molecule has 0 radical (unpaired) electrons. The highest BCUT2D eigenvalue weighted by atomic mass is 35.5. The van der Waals surface area contributed by atoms with Gasteiger partial charge in [-0.2, -0.15) is 5.10 Å². The van der Waals surface area contributed by atoms with Crippen molar-refractivity contribution < 1.29 is 14.3 Å². The third kappa shape index (κ3) is 5.20. The normalized spacial score (nSPS) is 10.9. The van der Waals surface area contributed by atoms with Crippen LogP contribution in [-0.2, 0) is 11.2 Å². The zero-order valence-electron chi connectivity index (χ0n) is 17.0. The Hall–Kier alpha value is -3.96. The first kappa shape index (κ1) is 21.3. The second kappa shape index (κ2) is 9.90. The Morgan fingerprint density at radius 1 is 0.875 bits per heavy atom. The molecule has 4 rings (SSSR count). The number of hydrazone groups is 1. The van der Waals surface area contributed by atoms with Crippen molar-refractivity contribution in [3.8, 4) is 5.75 Å². The van der Waals surface area contributed by atoms with Crippen molar-refractivity contribution >= 4 is 40.5 Å². The predicted octanol–water partition coefficient (Wildman–Crippen LogP) is 5.41. The molecule has 4 aromatic rings. The Balaban J connectivity index is 1.57. The van der Waals surface area contributed by atoms with Crippen LogP contribution in [0.3, 0.4) is 0 Å². The summed E-state index contributed by atoms with van der Waals surface area (Å²) in [5.74, 6) is -0.420. The number of nitrogens with one attached hydrogen (secondary N) is 1. The SMILES string of the molecule is O=C(Cc1ccccc1)NN=Cc1c(OC(=O)c2ccc(Cl)cc2)ccc2ccccc12. The van der Waals surface area contributed by atoms with Crippen LogP contribution in [0, 0.1) is 0 Å². The second-order valence-electron chi connectivity index (χ2n) is 7.05. The Labute approximate surface area is 190 Å². The zero-order chi connectivity index (χ0) is 22.3. The van der Waals surface area contributed by atoms with Gasteiger partial charge in [-0.3, -0.25) is 4.79 Å². The van der Waals surface area contributed by atoms with E-state index in [1.54, 1.807) is 30.3 Å². The fraction of sp³-hybridized carbons (Fsp3) is 0.0385. The van der Waals surface area contributed by atoms with Gasteiger partial charge in [-0.25, -0.2) is 10.2 Å². The van der Waals surface area contributed by atoms with Crippen LogP contribution in [0.4, 0.5) is 0 Å². The van der Waals surface area contributed by atoms with Gasteiger partial charge >= 0.3 is 5.97 Å². The third-order valence-corrected chi connectivity index (χ3v) is 5.06. The number of nitrogens with zero attached hydrogens (tertiary/aromatic N) is 1. The largest absolute Gasteiger partial charge is 0.422 e. The van der Waals surface area contributed by atoms with Gasteiger partial charge in [-0.1, -0.05) is 72.3 Å². The molecule has 0 spiro atoms. The van der Waals surface area contributed by atoms with Gasteiger partial charge in [0.15, 0.2) is 0 Å². The highest BCUT2D eigenvalue weighted by Crippen LogP contribution is 2.27. The first-order valence-corrected chi connectivity index (χ1v) is 10.3. The molecule has 0 aliphatic rings. The number of esters is 1. The van der Waals surface area contributed by atoms with Crippen LogP contribution in [0.25, 0.3) is 10.8 Å². The zero-order valence-corrected chi connectivity index (χ0v) is 17.8. The minimum atomic E-state index is -0.514. The second-order valence-corrected chi connectivity index (χ2v) is 7.49. The summed E-state index contributed by atoms with van der Waals surface area (Å²) < 4.78 is 5.65. The molecule has 1 amide bonds. The number of carbonyl (C=O) groups is 2. The number of carbonyl (C=O) groups excluding carboxylic acids is 2. The highest BCUT2D eigenvalue weighted by Gasteiger charge is 2.13. The van der Waals surface area contributed by atoms with Gasteiger partial charge in [0, 0.05) is 10.6 Å². The van der Waals surface area contributed by atoms with Crippen LogP contribution in [0.2, 0.25) is 5.02 Å². The summed E-state index contributed by atoms with van der Waals surface area (Å²) in [6.45, 7) is 0. The van der Waals surface area contributed by atoms with Crippen molar-refractivity contribution in [2.45, 2.75) is 6.42 Å². The number of halogens is 1.